The van der Waals surface area contributed by atoms with Crippen LogP contribution in [0, 0.1) is 6.92 Å². The number of rotatable bonds is 5. The predicted octanol–water partition coefficient (Wildman–Crippen LogP) is 3.24. The quantitative estimate of drug-likeness (QED) is 0.557. The Morgan fingerprint density at radius 3 is 2.71 bits per heavy atom. The van der Waals surface area contributed by atoms with Gasteiger partial charge in [0, 0.05) is 16.7 Å². The lowest BCUT2D eigenvalue weighted by molar-refractivity contribution is -0.123. The number of amides is 1. The van der Waals surface area contributed by atoms with Gasteiger partial charge >= 0.3 is 0 Å². The molecule has 0 aliphatic rings. The van der Waals surface area contributed by atoms with Crippen LogP contribution in [0.1, 0.15) is 11.1 Å². The third kappa shape index (κ3) is 4.78. The Morgan fingerprint density at radius 2 is 2.04 bits per heavy atom. The van der Waals surface area contributed by atoms with Crippen LogP contribution >= 0.6 is 23.2 Å². The minimum absolute atomic E-state index is 0.0561. The van der Waals surface area contributed by atoms with Gasteiger partial charge in [-0.05, 0) is 36.8 Å². The van der Waals surface area contributed by atoms with Gasteiger partial charge in [0.15, 0.2) is 6.61 Å². The maximum absolute atomic E-state index is 11.7. The zero-order valence-electron chi connectivity index (χ0n) is 12.6. The number of phenolic OH excluding ortho intramolecular Hbond substituents is 2. The number of phenols is 2. The second-order valence-electron chi connectivity index (χ2n) is 4.85. The molecule has 0 aromatic heterocycles. The average molecular weight is 369 g/mol. The van der Waals surface area contributed by atoms with Gasteiger partial charge in [0.25, 0.3) is 5.91 Å². The lowest BCUT2D eigenvalue weighted by Gasteiger charge is -2.07. The Morgan fingerprint density at radius 1 is 1.29 bits per heavy atom. The summed E-state index contributed by atoms with van der Waals surface area (Å²) in [6, 6.07) is 7.30. The molecule has 126 valence electrons. The lowest BCUT2D eigenvalue weighted by atomic mass is 10.1. The summed E-state index contributed by atoms with van der Waals surface area (Å²) < 4.78 is 5.26. The van der Waals surface area contributed by atoms with Crippen LogP contribution in [-0.2, 0) is 4.79 Å². The van der Waals surface area contributed by atoms with Gasteiger partial charge in [0.05, 0.1) is 11.2 Å². The summed E-state index contributed by atoms with van der Waals surface area (Å²) >= 11 is 11.7. The Kier molecular flexibility index (Phi) is 5.89. The summed E-state index contributed by atoms with van der Waals surface area (Å²) in [4.78, 5) is 11.7. The Bertz CT molecular complexity index is 771. The number of ether oxygens (including phenoxy) is 1. The molecule has 0 atom stereocenters. The normalized spacial score (nSPS) is 10.8. The SMILES string of the molecule is Cc1cc(O)cc(O)c1/C=N/NC(=O)COc1ccc(Cl)cc1Cl. The van der Waals surface area contributed by atoms with Crippen molar-refractivity contribution in [1.82, 2.24) is 5.43 Å². The molecular formula is C16H14Cl2N2O4. The summed E-state index contributed by atoms with van der Waals surface area (Å²) in [5, 5.41) is 23.6. The Labute approximate surface area is 148 Å². The van der Waals surface area contributed by atoms with Crippen molar-refractivity contribution in [3.05, 3.63) is 51.5 Å². The van der Waals surface area contributed by atoms with Crippen molar-refractivity contribution in [2.75, 3.05) is 6.61 Å². The van der Waals surface area contributed by atoms with Crippen LogP contribution in [0.4, 0.5) is 0 Å². The molecule has 0 fully saturated rings. The van der Waals surface area contributed by atoms with Gasteiger partial charge in [-0.2, -0.15) is 5.10 Å². The molecule has 2 aromatic rings. The average Bonchev–Trinajstić information content (AvgIpc) is 2.49. The highest BCUT2D eigenvalue weighted by molar-refractivity contribution is 6.35. The van der Waals surface area contributed by atoms with Crippen LogP contribution < -0.4 is 10.2 Å². The topological polar surface area (TPSA) is 91.1 Å². The number of aromatic hydroxyl groups is 2. The first-order chi connectivity index (χ1) is 11.4. The third-order valence-electron chi connectivity index (χ3n) is 2.99. The molecule has 6 nitrogen and oxygen atoms in total. The van der Waals surface area contributed by atoms with Crippen molar-refractivity contribution < 1.29 is 19.7 Å². The zero-order chi connectivity index (χ0) is 17.7. The molecular weight excluding hydrogens is 355 g/mol. The van der Waals surface area contributed by atoms with Gasteiger partial charge in [-0.15, -0.1) is 0 Å². The molecule has 0 unspecified atom stereocenters. The fraction of sp³-hybridized carbons (Fsp3) is 0.125. The molecule has 0 bridgehead atoms. The molecule has 8 heteroatoms. The van der Waals surface area contributed by atoms with Crippen LogP contribution in [-0.4, -0.2) is 28.9 Å². The van der Waals surface area contributed by atoms with Crippen molar-refractivity contribution in [1.29, 1.82) is 0 Å². The van der Waals surface area contributed by atoms with Crippen LogP contribution in [0.3, 0.4) is 0 Å². The molecule has 3 N–H and O–H groups in total. The molecule has 1 amide bonds. The first-order valence-electron chi connectivity index (χ1n) is 6.79. The standard InChI is InChI=1S/C16H14Cl2N2O4/c1-9-4-11(21)6-14(22)12(9)7-19-20-16(23)8-24-15-3-2-10(17)5-13(15)18/h2-7,21-22H,8H2,1H3,(H,20,23)/b19-7+. The van der Waals surface area contributed by atoms with E-state index in [1.54, 1.807) is 19.1 Å². The minimum Gasteiger partial charge on any atom is -0.508 e. The minimum atomic E-state index is -0.506. The van der Waals surface area contributed by atoms with Crippen molar-refractivity contribution >= 4 is 35.3 Å². The summed E-state index contributed by atoms with van der Waals surface area (Å²) in [5.41, 5.74) is 3.25. The van der Waals surface area contributed by atoms with E-state index >= 15 is 0 Å². The van der Waals surface area contributed by atoms with Gasteiger partial charge in [0.2, 0.25) is 0 Å². The van der Waals surface area contributed by atoms with E-state index in [4.69, 9.17) is 27.9 Å². The van der Waals surface area contributed by atoms with Crippen LogP contribution in [0.15, 0.2) is 35.4 Å². The Balaban J connectivity index is 1.91. The highest BCUT2D eigenvalue weighted by atomic mass is 35.5. The third-order valence-corrected chi connectivity index (χ3v) is 3.52. The predicted molar refractivity (Wildman–Crippen MR) is 92.2 cm³/mol. The zero-order valence-corrected chi connectivity index (χ0v) is 14.1. The van der Waals surface area contributed by atoms with Gasteiger partial charge in [0.1, 0.15) is 17.2 Å². The molecule has 0 aliphatic heterocycles. The van der Waals surface area contributed by atoms with Crippen molar-refractivity contribution in [3.8, 4) is 17.2 Å². The smallest absolute Gasteiger partial charge is 0.277 e. The van der Waals surface area contributed by atoms with Gasteiger partial charge in [-0.25, -0.2) is 5.43 Å². The van der Waals surface area contributed by atoms with Crippen molar-refractivity contribution in [2.45, 2.75) is 6.92 Å². The van der Waals surface area contributed by atoms with Gasteiger partial charge < -0.3 is 14.9 Å². The number of nitrogens with zero attached hydrogens (tertiary/aromatic N) is 1. The van der Waals surface area contributed by atoms with Crippen LogP contribution in [0.2, 0.25) is 10.0 Å². The molecule has 0 saturated carbocycles. The molecule has 24 heavy (non-hydrogen) atoms. The molecule has 0 saturated heterocycles. The lowest BCUT2D eigenvalue weighted by Crippen LogP contribution is -2.24. The summed E-state index contributed by atoms with van der Waals surface area (Å²) in [6.45, 7) is 1.40. The summed E-state index contributed by atoms with van der Waals surface area (Å²) in [5.74, 6) is -0.380. The molecule has 0 aliphatic carbocycles. The van der Waals surface area contributed by atoms with E-state index in [0.717, 1.165) is 0 Å². The fourth-order valence-corrected chi connectivity index (χ4v) is 2.33. The number of halogens is 2. The van der Waals surface area contributed by atoms with Crippen LogP contribution in [0.5, 0.6) is 17.2 Å². The second kappa shape index (κ2) is 7.90. The van der Waals surface area contributed by atoms with E-state index < -0.39 is 5.91 Å². The number of nitrogens with one attached hydrogen (secondary N) is 1. The maximum atomic E-state index is 11.7. The number of aryl methyl sites for hydroxylation is 1. The number of benzene rings is 2. The maximum Gasteiger partial charge on any atom is 0.277 e. The molecule has 0 heterocycles. The summed E-state index contributed by atoms with van der Waals surface area (Å²) in [7, 11) is 0. The van der Waals surface area contributed by atoms with Crippen molar-refractivity contribution in [3.63, 3.8) is 0 Å². The van der Waals surface area contributed by atoms with E-state index in [-0.39, 0.29) is 18.1 Å². The first kappa shape index (κ1) is 17.9. The molecule has 0 spiro atoms. The Hall–Kier alpha value is -2.44. The molecule has 0 radical (unpaired) electrons. The number of hydrazone groups is 1. The first-order valence-corrected chi connectivity index (χ1v) is 7.54. The van der Waals surface area contributed by atoms with Crippen molar-refractivity contribution in [2.24, 2.45) is 5.10 Å². The number of carbonyl (C=O) groups is 1. The van der Waals surface area contributed by atoms with E-state index in [9.17, 15) is 15.0 Å². The van der Waals surface area contributed by atoms with E-state index in [2.05, 4.69) is 10.5 Å². The highest BCUT2D eigenvalue weighted by Gasteiger charge is 2.07. The summed E-state index contributed by atoms with van der Waals surface area (Å²) in [6.07, 6.45) is 1.28. The largest absolute Gasteiger partial charge is 0.508 e. The van der Waals surface area contributed by atoms with E-state index in [1.807, 2.05) is 0 Å². The van der Waals surface area contributed by atoms with Crippen LogP contribution in [0.25, 0.3) is 0 Å². The monoisotopic (exact) mass is 368 g/mol. The highest BCUT2D eigenvalue weighted by Crippen LogP contribution is 2.27. The number of hydrogen-bond acceptors (Lipinski definition) is 5. The van der Waals surface area contributed by atoms with E-state index in [1.165, 1.54) is 24.4 Å². The second-order valence-corrected chi connectivity index (χ2v) is 5.70. The fourth-order valence-electron chi connectivity index (χ4n) is 1.87. The number of carbonyl (C=O) groups excluding carboxylic acids is 1. The molecule has 2 rings (SSSR count). The molecule has 2 aromatic carbocycles. The van der Waals surface area contributed by atoms with Gasteiger partial charge in [-0.1, -0.05) is 23.2 Å². The number of hydrogen-bond donors (Lipinski definition) is 3. The van der Waals surface area contributed by atoms with E-state index in [0.29, 0.717) is 26.9 Å². The van der Waals surface area contributed by atoms with Gasteiger partial charge in [-0.3, -0.25) is 4.79 Å².